The van der Waals surface area contributed by atoms with Crippen LogP contribution in [0.15, 0.2) is 18.2 Å². The van der Waals surface area contributed by atoms with E-state index < -0.39 is 0 Å². The Kier molecular flexibility index (Phi) is 2.70. The van der Waals surface area contributed by atoms with Gasteiger partial charge in [0, 0.05) is 12.0 Å². The van der Waals surface area contributed by atoms with Crippen LogP contribution in [-0.4, -0.2) is 13.2 Å². The van der Waals surface area contributed by atoms with E-state index in [2.05, 4.69) is 19.9 Å². The molecule has 2 heteroatoms. The van der Waals surface area contributed by atoms with E-state index in [-0.39, 0.29) is 5.41 Å². The molecule has 0 aromatic heterocycles. The molecule has 1 aromatic carbocycles. The van der Waals surface area contributed by atoms with Gasteiger partial charge in [0.25, 0.3) is 0 Å². The van der Waals surface area contributed by atoms with Gasteiger partial charge in [-0.15, -0.1) is 0 Å². The Bertz CT molecular complexity index is 356. The first-order valence-electron chi connectivity index (χ1n) is 5.56. The fourth-order valence-electron chi connectivity index (χ4n) is 1.70. The molecule has 2 N–H and O–H groups in total. The van der Waals surface area contributed by atoms with E-state index in [0.717, 1.165) is 18.9 Å². The molecule has 0 atom stereocenters. The summed E-state index contributed by atoms with van der Waals surface area (Å²) in [6, 6.07) is 6.19. The van der Waals surface area contributed by atoms with Crippen molar-refractivity contribution in [2.24, 2.45) is 11.1 Å². The van der Waals surface area contributed by atoms with E-state index in [4.69, 9.17) is 10.5 Å². The predicted octanol–water partition coefficient (Wildman–Crippen LogP) is 2.42. The van der Waals surface area contributed by atoms with E-state index in [1.165, 1.54) is 24.0 Å². The fourth-order valence-corrected chi connectivity index (χ4v) is 1.70. The maximum Gasteiger partial charge on any atom is 0.122 e. The average Bonchev–Trinajstić information content (AvgIpc) is 3.01. The monoisotopic (exact) mass is 205 g/mol. The van der Waals surface area contributed by atoms with Crippen LogP contribution in [0.4, 0.5) is 0 Å². The summed E-state index contributed by atoms with van der Waals surface area (Å²) < 4.78 is 5.86. The Morgan fingerprint density at radius 1 is 1.33 bits per heavy atom. The quantitative estimate of drug-likeness (QED) is 0.819. The van der Waals surface area contributed by atoms with Gasteiger partial charge in [0.2, 0.25) is 0 Å². The van der Waals surface area contributed by atoms with Gasteiger partial charge in [0.15, 0.2) is 0 Å². The molecule has 0 spiro atoms. The van der Waals surface area contributed by atoms with Gasteiger partial charge >= 0.3 is 0 Å². The van der Waals surface area contributed by atoms with Crippen molar-refractivity contribution in [1.29, 1.82) is 0 Å². The number of hydrogen-bond donors (Lipinski definition) is 1. The van der Waals surface area contributed by atoms with Crippen molar-refractivity contribution in [3.63, 3.8) is 0 Å². The highest BCUT2D eigenvalue weighted by atomic mass is 16.5. The van der Waals surface area contributed by atoms with Gasteiger partial charge in [-0.3, -0.25) is 0 Å². The maximum atomic E-state index is 5.86. The lowest BCUT2D eigenvalue weighted by molar-refractivity contribution is 0.237. The van der Waals surface area contributed by atoms with Gasteiger partial charge in [0.05, 0.1) is 6.61 Å². The number of ether oxygens (including phenoxy) is 1. The van der Waals surface area contributed by atoms with Crippen LogP contribution in [0.3, 0.4) is 0 Å². The largest absolute Gasteiger partial charge is 0.493 e. The van der Waals surface area contributed by atoms with Gasteiger partial charge in [-0.2, -0.15) is 0 Å². The zero-order valence-corrected chi connectivity index (χ0v) is 9.55. The number of benzene rings is 1. The van der Waals surface area contributed by atoms with Crippen LogP contribution in [0.25, 0.3) is 0 Å². The molecule has 2 rings (SSSR count). The SMILES string of the molecule is Cc1cccc(OCC2(CN)CC2)c1C. The molecule has 0 amide bonds. The van der Waals surface area contributed by atoms with E-state index in [0.29, 0.717) is 0 Å². The molecule has 15 heavy (non-hydrogen) atoms. The lowest BCUT2D eigenvalue weighted by Crippen LogP contribution is -2.23. The van der Waals surface area contributed by atoms with Gasteiger partial charge in [-0.25, -0.2) is 0 Å². The molecule has 0 unspecified atom stereocenters. The van der Waals surface area contributed by atoms with Gasteiger partial charge in [-0.05, 0) is 43.9 Å². The first-order chi connectivity index (χ1) is 7.17. The number of aryl methyl sites for hydroxylation is 1. The fraction of sp³-hybridized carbons (Fsp3) is 0.538. The van der Waals surface area contributed by atoms with Crippen LogP contribution in [-0.2, 0) is 0 Å². The summed E-state index contributed by atoms with van der Waals surface area (Å²) in [6.45, 7) is 5.73. The highest BCUT2D eigenvalue weighted by molar-refractivity contribution is 5.38. The number of nitrogens with two attached hydrogens (primary N) is 1. The van der Waals surface area contributed by atoms with Crippen LogP contribution in [0, 0.1) is 19.3 Å². The van der Waals surface area contributed by atoms with Crippen LogP contribution in [0.5, 0.6) is 5.75 Å². The lowest BCUT2D eigenvalue weighted by atomic mass is 10.1. The molecule has 2 nitrogen and oxygen atoms in total. The molecule has 1 fully saturated rings. The van der Waals surface area contributed by atoms with Crippen LogP contribution < -0.4 is 10.5 Å². The molecule has 0 aliphatic heterocycles. The summed E-state index contributed by atoms with van der Waals surface area (Å²) in [5.74, 6) is 1.01. The topological polar surface area (TPSA) is 35.2 Å². The summed E-state index contributed by atoms with van der Waals surface area (Å²) in [7, 11) is 0. The Balaban J connectivity index is 2.02. The third kappa shape index (κ3) is 2.15. The molecule has 0 radical (unpaired) electrons. The van der Waals surface area contributed by atoms with E-state index in [1.807, 2.05) is 12.1 Å². The third-order valence-corrected chi connectivity index (χ3v) is 3.48. The molecule has 1 aliphatic rings. The molecule has 0 saturated heterocycles. The Morgan fingerprint density at radius 2 is 2.07 bits per heavy atom. The zero-order chi connectivity index (χ0) is 10.9. The maximum absolute atomic E-state index is 5.86. The van der Waals surface area contributed by atoms with Crippen molar-refractivity contribution in [1.82, 2.24) is 0 Å². The summed E-state index contributed by atoms with van der Waals surface area (Å²) in [6.07, 6.45) is 2.43. The van der Waals surface area contributed by atoms with Gasteiger partial charge in [0.1, 0.15) is 5.75 Å². The van der Waals surface area contributed by atoms with Crippen molar-refractivity contribution in [2.75, 3.05) is 13.2 Å². The third-order valence-electron chi connectivity index (χ3n) is 3.48. The summed E-state index contributed by atoms with van der Waals surface area (Å²) in [4.78, 5) is 0. The van der Waals surface area contributed by atoms with Crippen LogP contribution >= 0.6 is 0 Å². The second kappa shape index (κ2) is 3.86. The van der Waals surface area contributed by atoms with Crippen molar-refractivity contribution in [2.45, 2.75) is 26.7 Å². The molecule has 1 aromatic rings. The van der Waals surface area contributed by atoms with Crippen LogP contribution in [0.2, 0.25) is 0 Å². The van der Waals surface area contributed by atoms with E-state index >= 15 is 0 Å². The van der Waals surface area contributed by atoms with Crippen LogP contribution in [0.1, 0.15) is 24.0 Å². The average molecular weight is 205 g/mol. The van der Waals surface area contributed by atoms with Crippen molar-refractivity contribution < 1.29 is 4.74 Å². The Labute approximate surface area is 91.4 Å². The van der Waals surface area contributed by atoms with E-state index in [1.54, 1.807) is 0 Å². The lowest BCUT2D eigenvalue weighted by Gasteiger charge is -2.16. The molecule has 82 valence electrons. The minimum Gasteiger partial charge on any atom is -0.493 e. The van der Waals surface area contributed by atoms with Gasteiger partial charge < -0.3 is 10.5 Å². The second-order valence-corrected chi connectivity index (χ2v) is 4.69. The van der Waals surface area contributed by atoms with E-state index in [9.17, 15) is 0 Å². The zero-order valence-electron chi connectivity index (χ0n) is 9.55. The minimum atomic E-state index is 0.288. The summed E-state index contributed by atoms with van der Waals surface area (Å²) in [5.41, 5.74) is 8.53. The molecular formula is C13H19NO. The Morgan fingerprint density at radius 3 is 2.67 bits per heavy atom. The first-order valence-corrected chi connectivity index (χ1v) is 5.56. The molecule has 0 bridgehead atoms. The number of hydrogen-bond acceptors (Lipinski definition) is 2. The van der Waals surface area contributed by atoms with Crippen molar-refractivity contribution in [3.05, 3.63) is 29.3 Å². The second-order valence-electron chi connectivity index (χ2n) is 4.69. The summed E-state index contributed by atoms with van der Waals surface area (Å²) in [5, 5.41) is 0. The van der Waals surface area contributed by atoms with Gasteiger partial charge in [-0.1, -0.05) is 12.1 Å². The van der Waals surface area contributed by atoms with Crippen molar-refractivity contribution >= 4 is 0 Å². The highest BCUT2D eigenvalue weighted by Gasteiger charge is 2.42. The Hall–Kier alpha value is -1.02. The standard InChI is InChI=1S/C13H19NO/c1-10-4-3-5-12(11(10)2)15-9-13(8-14)6-7-13/h3-5H,6-9,14H2,1-2H3. The first kappa shape index (κ1) is 10.5. The summed E-state index contributed by atoms with van der Waals surface area (Å²) >= 11 is 0. The molecule has 0 heterocycles. The highest BCUT2D eigenvalue weighted by Crippen LogP contribution is 2.44. The van der Waals surface area contributed by atoms with Crippen molar-refractivity contribution in [3.8, 4) is 5.75 Å². The minimum absolute atomic E-state index is 0.288. The molecular weight excluding hydrogens is 186 g/mol. The molecule has 1 saturated carbocycles. The predicted molar refractivity (Wildman–Crippen MR) is 62.1 cm³/mol. The number of rotatable bonds is 4. The molecule has 1 aliphatic carbocycles. The smallest absolute Gasteiger partial charge is 0.122 e. The normalized spacial score (nSPS) is 17.5.